The van der Waals surface area contributed by atoms with Crippen LogP contribution in [0.2, 0.25) is 5.02 Å². The van der Waals surface area contributed by atoms with Crippen LogP contribution in [0.5, 0.6) is 0 Å². The first-order valence-electron chi connectivity index (χ1n) is 5.48. The molecule has 0 fully saturated rings. The Bertz CT molecular complexity index is 691. The molecule has 102 valence electrons. The topological polar surface area (TPSA) is 72.2 Å². The minimum absolute atomic E-state index is 0.113. The number of hydrogen-bond acceptors (Lipinski definition) is 3. The zero-order valence-electron chi connectivity index (χ0n) is 9.97. The first kappa shape index (κ1) is 14.5. The Labute approximate surface area is 127 Å². The maximum absolute atomic E-state index is 12.0. The van der Waals surface area contributed by atoms with E-state index in [0.29, 0.717) is 11.3 Å². The third-order valence-corrected chi connectivity index (χ3v) is 3.30. The van der Waals surface area contributed by atoms with E-state index in [1.807, 2.05) is 0 Å². The molecule has 5 nitrogen and oxygen atoms in total. The van der Waals surface area contributed by atoms with Crippen molar-refractivity contribution >= 4 is 44.8 Å². The summed E-state index contributed by atoms with van der Waals surface area (Å²) in [5, 5.41) is 13.3. The summed E-state index contributed by atoms with van der Waals surface area (Å²) in [4.78, 5) is 22.1. The molecule has 0 aliphatic carbocycles. The van der Waals surface area contributed by atoms with E-state index >= 15 is 0 Å². The second-order valence-corrected chi connectivity index (χ2v) is 5.21. The smallest absolute Gasteiger partial charge is 0.271 e. The lowest BCUT2D eigenvalue weighted by Crippen LogP contribution is -2.12. The summed E-state index contributed by atoms with van der Waals surface area (Å²) in [5.74, 6) is -0.345. The molecule has 0 saturated heterocycles. The molecule has 0 atom stereocenters. The molecule has 0 radical (unpaired) electrons. The highest BCUT2D eigenvalue weighted by atomic mass is 79.9. The van der Waals surface area contributed by atoms with E-state index in [1.165, 1.54) is 18.2 Å². The van der Waals surface area contributed by atoms with Crippen LogP contribution in [0.4, 0.5) is 11.4 Å². The standard InChI is InChI=1S/C13H8BrClN2O3/c14-9-3-1-2-8(6-9)13(18)16-12-5-4-10(17(19)20)7-11(12)15/h1-7H,(H,16,18). The van der Waals surface area contributed by atoms with Crippen molar-refractivity contribution in [2.24, 2.45) is 0 Å². The van der Waals surface area contributed by atoms with Crippen LogP contribution in [0, 0.1) is 10.1 Å². The number of anilines is 1. The van der Waals surface area contributed by atoms with Crippen LogP contribution in [0.1, 0.15) is 10.4 Å². The molecule has 1 amide bonds. The number of nitrogens with zero attached hydrogens (tertiary/aromatic N) is 1. The van der Waals surface area contributed by atoms with Gasteiger partial charge in [0.2, 0.25) is 0 Å². The number of amides is 1. The fourth-order valence-electron chi connectivity index (χ4n) is 1.54. The van der Waals surface area contributed by atoms with Gasteiger partial charge in [0, 0.05) is 22.2 Å². The number of halogens is 2. The van der Waals surface area contributed by atoms with Gasteiger partial charge in [0.1, 0.15) is 0 Å². The summed E-state index contributed by atoms with van der Waals surface area (Å²) in [6.07, 6.45) is 0. The molecule has 0 aliphatic heterocycles. The summed E-state index contributed by atoms with van der Waals surface area (Å²) in [6.45, 7) is 0. The Kier molecular flexibility index (Phi) is 4.36. The van der Waals surface area contributed by atoms with E-state index in [2.05, 4.69) is 21.2 Å². The van der Waals surface area contributed by atoms with Gasteiger partial charge in [-0.05, 0) is 24.3 Å². The van der Waals surface area contributed by atoms with Crippen molar-refractivity contribution < 1.29 is 9.72 Å². The van der Waals surface area contributed by atoms with Gasteiger partial charge in [0.15, 0.2) is 0 Å². The lowest BCUT2D eigenvalue weighted by molar-refractivity contribution is -0.384. The zero-order valence-corrected chi connectivity index (χ0v) is 12.3. The van der Waals surface area contributed by atoms with Crippen LogP contribution >= 0.6 is 27.5 Å². The molecule has 0 spiro atoms. The molecular formula is C13H8BrClN2O3. The van der Waals surface area contributed by atoms with Crippen molar-refractivity contribution in [1.29, 1.82) is 0 Å². The molecule has 1 N–H and O–H groups in total. The highest BCUT2D eigenvalue weighted by molar-refractivity contribution is 9.10. The lowest BCUT2D eigenvalue weighted by Gasteiger charge is -2.07. The average molecular weight is 356 g/mol. The van der Waals surface area contributed by atoms with Gasteiger partial charge in [-0.2, -0.15) is 0 Å². The molecule has 0 heterocycles. The average Bonchev–Trinajstić information content (AvgIpc) is 2.40. The van der Waals surface area contributed by atoms with E-state index in [4.69, 9.17) is 11.6 Å². The highest BCUT2D eigenvalue weighted by Crippen LogP contribution is 2.27. The van der Waals surface area contributed by atoms with Gasteiger partial charge >= 0.3 is 0 Å². The molecule has 2 aromatic carbocycles. The fourth-order valence-corrected chi connectivity index (χ4v) is 2.16. The van der Waals surface area contributed by atoms with Crippen LogP contribution in [0.15, 0.2) is 46.9 Å². The summed E-state index contributed by atoms with van der Waals surface area (Å²) < 4.78 is 0.778. The van der Waals surface area contributed by atoms with Crippen molar-refractivity contribution in [1.82, 2.24) is 0 Å². The Morgan fingerprint density at radius 2 is 2.00 bits per heavy atom. The third-order valence-electron chi connectivity index (χ3n) is 2.50. The molecule has 0 bridgehead atoms. The summed E-state index contributed by atoms with van der Waals surface area (Å²) in [5.41, 5.74) is 0.645. The fraction of sp³-hybridized carbons (Fsp3) is 0. The van der Waals surface area contributed by atoms with Crippen LogP contribution in [-0.4, -0.2) is 10.8 Å². The van der Waals surface area contributed by atoms with E-state index in [1.54, 1.807) is 24.3 Å². The Balaban J connectivity index is 2.22. The van der Waals surface area contributed by atoms with Crippen LogP contribution in [0.3, 0.4) is 0 Å². The number of rotatable bonds is 3. The SMILES string of the molecule is O=C(Nc1ccc([N+](=O)[O-])cc1Cl)c1cccc(Br)c1. The van der Waals surface area contributed by atoms with Gasteiger partial charge in [0.25, 0.3) is 11.6 Å². The Hall–Kier alpha value is -1.92. The normalized spacial score (nSPS) is 10.1. The quantitative estimate of drug-likeness (QED) is 0.660. The Morgan fingerprint density at radius 3 is 2.60 bits per heavy atom. The van der Waals surface area contributed by atoms with Crippen molar-refractivity contribution in [3.05, 3.63) is 67.6 Å². The van der Waals surface area contributed by atoms with Gasteiger partial charge in [-0.3, -0.25) is 14.9 Å². The number of benzene rings is 2. The predicted octanol–water partition coefficient (Wildman–Crippen LogP) is 4.26. The van der Waals surface area contributed by atoms with Crippen molar-refractivity contribution in [2.75, 3.05) is 5.32 Å². The molecule has 0 aromatic heterocycles. The van der Waals surface area contributed by atoms with Gasteiger partial charge in [-0.15, -0.1) is 0 Å². The van der Waals surface area contributed by atoms with Crippen LogP contribution in [0.25, 0.3) is 0 Å². The largest absolute Gasteiger partial charge is 0.321 e. The number of nitro benzene ring substituents is 1. The molecule has 0 aliphatic rings. The van der Waals surface area contributed by atoms with E-state index in [9.17, 15) is 14.9 Å². The van der Waals surface area contributed by atoms with E-state index in [0.717, 1.165) is 4.47 Å². The molecule has 0 saturated carbocycles. The maximum atomic E-state index is 12.0. The van der Waals surface area contributed by atoms with Gasteiger partial charge in [0.05, 0.1) is 15.6 Å². The molecule has 0 unspecified atom stereocenters. The first-order chi connectivity index (χ1) is 9.47. The third kappa shape index (κ3) is 3.34. The minimum atomic E-state index is -0.550. The van der Waals surface area contributed by atoms with E-state index in [-0.39, 0.29) is 16.6 Å². The maximum Gasteiger partial charge on any atom is 0.271 e. The van der Waals surface area contributed by atoms with Crippen molar-refractivity contribution in [3.63, 3.8) is 0 Å². The highest BCUT2D eigenvalue weighted by Gasteiger charge is 2.12. The second-order valence-electron chi connectivity index (χ2n) is 3.89. The monoisotopic (exact) mass is 354 g/mol. The second kappa shape index (κ2) is 6.02. The van der Waals surface area contributed by atoms with Crippen LogP contribution < -0.4 is 5.32 Å². The van der Waals surface area contributed by atoms with Crippen molar-refractivity contribution in [3.8, 4) is 0 Å². The summed E-state index contributed by atoms with van der Waals surface area (Å²) in [7, 11) is 0. The number of hydrogen-bond donors (Lipinski definition) is 1. The number of carbonyl (C=O) groups excluding carboxylic acids is 1. The van der Waals surface area contributed by atoms with Crippen molar-refractivity contribution in [2.45, 2.75) is 0 Å². The lowest BCUT2D eigenvalue weighted by atomic mass is 10.2. The van der Waals surface area contributed by atoms with E-state index < -0.39 is 4.92 Å². The Morgan fingerprint density at radius 1 is 1.25 bits per heavy atom. The molecule has 2 rings (SSSR count). The molecular weight excluding hydrogens is 348 g/mol. The number of non-ortho nitro benzene ring substituents is 1. The van der Waals surface area contributed by atoms with Crippen LogP contribution in [-0.2, 0) is 0 Å². The molecule has 20 heavy (non-hydrogen) atoms. The zero-order chi connectivity index (χ0) is 14.7. The number of carbonyl (C=O) groups is 1. The number of nitrogens with one attached hydrogen (secondary N) is 1. The number of nitro groups is 1. The van der Waals surface area contributed by atoms with Gasteiger partial charge in [-0.25, -0.2) is 0 Å². The van der Waals surface area contributed by atoms with Gasteiger partial charge < -0.3 is 5.32 Å². The molecule has 7 heteroatoms. The summed E-state index contributed by atoms with van der Waals surface area (Å²) in [6, 6.07) is 10.7. The first-order valence-corrected chi connectivity index (χ1v) is 6.65. The summed E-state index contributed by atoms with van der Waals surface area (Å²) >= 11 is 9.18. The predicted molar refractivity (Wildman–Crippen MR) is 80.2 cm³/mol. The van der Waals surface area contributed by atoms with Gasteiger partial charge in [-0.1, -0.05) is 33.6 Å². The molecule has 2 aromatic rings. The minimum Gasteiger partial charge on any atom is -0.321 e.